The molecule has 98 valence electrons. The van der Waals surface area contributed by atoms with Gasteiger partial charge in [-0.1, -0.05) is 13.3 Å². The van der Waals surface area contributed by atoms with E-state index in [0.29, 0.717) is 11.3 Å². The van der Waals surface area contributed by atoms with E-state index >= 15 is 0 Å². The Morgan fingerprint density at radius 1 is 1.50 bits per heavy atom. The van der Waals surface area contributed by atoms with Gasteiger partial charge in [-0.2, -0.15) is 0 Å². The summed E-state index contributed by atoms with van der Waals surface area (Å²) in [5, 5.41) is 8.52. The van der Waals surface area contributed by atoms with Crippen LogP contribution < -0.4 is 4.74 Å². The summed E-state index contributed by atoms with van der Waals surface area (Å²) in [7, 11) is 0. The Morgan fingerprint density at radius 2 is 2.22 bits per heavy atom. The van der Waals surface area contributed by atoms with Crippen molar-refractivity contribution in [2.24, 2.45) is 0 Å². The second-order valence-electron chi connectivity index (χ2n) is 4.11. The SMILES string of the molecule is CCCC(C)Oc1cc(F)cc(/C=C/C(=O)O)c1. The van der Waals surface area contributed by atoms with Gasteiger partial charge in [0.15, 0.2) is 0 Å². The molecular formula is C14H17FO3. The minimum atomic E-state index is -1.07. The van der Waals surface area contributed by atoms with Crippen molar-refractivity contribution in [2.45, 2.75) is 32.8 Å². The highest BCUT2D eigenvalue weighted by Gasteiger charge is 2.05. The van der Waals surface area contributed by atoms with E-state index in [1.165, 1.54) is 18.2 Å². The number of carboxylic acid groups (broad SMARTS) is 1. The summed E-state index contributed by atoms with van der Waals surface area (Å²) in [5.74, 6) is -1.09. The zero-order chi connectivity index (χ0) is 13.5. The number of halogens is 1. The topological polar surface area (TPSA) is 46.5 Å². The van der Waals surface area contributed by atoms with E-state index in [4.69, 9.17) is 9.84 Å². The average Bonchev–Trinajstić information content (AvgIpc) is 2.25. The van der Waals surface area contributed by atoms with Crippen molar-refractivity contribution in [2.75, 3.05) is 0 Å². The number of hydrogen-bond acceptors (Lipinski definition) is 2. The standard InChI is InChI=1S/C14H17FO3/c1-3-4-10(2)18-13-8-11(5-6-14(16)17)7-12(15)9-13/h5-10H,3-4H2,1-2H3,(H,16,17)/b6-5+. The smallest absolute Gasteiger partial charge is 0.328 e. The first kappa shape index (κ1) is 14.2. The van der Waals surface area contributed by atoms with Crippen molar-refractivity contribution in [3.63, 3.8) is 0 Å². The molecule has 0 spiro atoms. The van der Waals surface area contributed by atoms with Gasteiger partial charge in [0.2, 0.25) is 0 Å². The summed E-state index contributed by atoms with van der Waals surface area (Å²) in [6, 6.07) is 4.18. The highest BCUT2D eigenvalue weighted by molar-refractivity contribution is 5.85. The van der Waals surface area contributed by atoms with Gasteiger partial charge >= 0.3 is 5.97 Å². The molecule has 1 atom stereocenters. The van der Waals surface area contributed by atoms with Crippen molar-refractivity contribution in [3.8, 4) is 5.75 Å². The summed E-state index contributed by atoms with van der Waals surface area (Å²) in [4.78, 5) is 10.4. The Bertz CT molecular complexity index is 441. The molecule has 4 heteroatoms. The molecule has 1 rings (SSSR count). The molecule has 0 amide bonds. The zero-order valence-corrected chi connectivity index (χ0v) is 10.5. The summed E-state index contributed by atoms with van der Waals surface area (Å²) >= 11 is 0. The van der Waals surface area contributed by atoms with Gasteiger partial charge in [0.25, 0.3) is 0 Å². The van der Waals surface area contributed by atoms with Gasteiger partial charge < -0.3 is 9.84 Å². The molecule has 0 bridgehead atoms. The number of hydrogen-bond donors (Lipinski definition) is 1. The maximum atomic E-state index is 13.3. The van der Waals surface area contributed by atoms with Crippen LogP contribution in [0.1, 0.15) is 32.3 Å². The average molecular weight is 252 g/mol. The van der Waals surface area contributed by atoms with Crippen LogP contribution in [-0.2, 0) is 4.79 Å². The quantitative estimate of drug-likeness (QED) is 0.788. The van der Waals surface area contributed by atoms with E-state index in [9.17, 15) is 9.18 Å². The molecule has 3 nitrogen and oxygen atoms in total. The first-order chi connectivity index (χ1) is 8.51. The maximum absolute atomic E-state index is 13.3. The fraction of sp³-hybridized carbons (Fsp3) is 0.357. The van der Waals surface area contributed by atoms with Crippen molar-refractivity contribution in [1.82, 2.24) is 0 Å². The fourth-order valence-electron chi connectivity index (χ4n) is 1.61. The molecule has 0 aromatic heterocycles. The molecule has 1 unspecified atom stereocenters. The first-order valence-electron chi connectivity index (χ1n) is 5.89. The molecule has 1 N–H and O–H groups in total. The Kier molecular flexibility index (Phi) is 5.36. The van der Waals surface area contributed by atoms with E-state index in [2.05, 4.69) is 0 Å². The van der Waals surface area contributed by atoms with Crippen LogP contribution in [0, 0.1) is 5.82 Å². The van der Waals surface area contributed by atoms with Gasteiger partial charge in [-0.25, -0.2) is 9.18 Å². The molecule has 0 radical (unpaired) electrons. The molecule has 0 saturated heterocycles. The molecule has 0 aliphatic heterocycles. The largest absolute Gasteiger partial charge is 0.491 e. The molecule has 18 heavy (non-hydrogen) atoms. The van der Waals surface area contributed by atoms with Crippen molar-refractivity contribution < 1.29 is 19.0 Å². The summed E-state index contributed by atoms with van der Waals surface area (Å²) in [6.45, 7) is 3.97. The maximum Gasteiger partial charge on any atom is 0.328 e. The van der Waals surface area contributed by atoms with E-state index in [-0.39, 0.29) is 6.10 Å². The van der Waals surface area contributed by atoms with Crippen LogP contribution in [0.2, 0.25) is 0 Å². The number of ether oxygens (including phenoxy) is 1. The highest BCUT2D eigenvalue weighted by atomic mass is 19.1. The van der Waals surface area contributed by atoms with Gasteiger partial charge in [-0.3, -0.25) is 0 Å². The Balaban J connectivity index is 2.83. The summed E-state index contributed by atoms with van der Waals surface area (Å²) < 4.78 is 18.9. The molecule has 0 aliphatic rings. The number of aliphatic carboxylic acids is 1. The normalized spacial score (nSPS) is 12.6. The van der Waals surface area contributed by atoms with Crippen molar-refractivity contribution in [3.05, 3.63) is 35.7 Å². The van der Waals surface area contributed by atoms with Gasteiger partial charge in [0.05, 0.1) is 6.10 Å². The molecule has 0 saturated carbocycles. The third-order valence-electron chi connectivity index (χ3n) is 2.34. The Hall–Kier alpha value is -1.84. The minimum Gasteiger partial charge on any atom is -0.491 e. The Labute approximate surface area is 106 Å². The van der Waals surface area contributed by atoms with E-state index in [0.717, 1.165) is 18.9 Å². The molecule has 0 fully saturated rings. The van der Waals surface area contributed by atoms with E-state index in [1.54, 1.807) is 6.07 Å². The zero-order valence-electron chi connectivity index (χ0n) is 10.5. The monoisotopic (exact) mass is 252 g/mol. The molecule has 0 aliphatic carbocycles. The summed E-state index contributed by atoms with van der Waals surface area (Å²) in [5.41, 5.74) is 0.469. The third kappa shape index (κ3) is 4.99. The second-order valence-corrected chi connectivity index (χ2v) is 4.11. The van der Waals surface area contributed by atoms with Crippen molar-refractivity contribution >= 4 is 12.0 Å². The van der Waals surface area contributed by atoms with Crippen LogP contribution in [0.4, 0.5) is 4.39 Å². The fourth-order valence-corrected chi connectivity index (χ4v) is 1.61. The van der Waals surface area contributed by atoms with Crippen LogP contribution >= 0.6 is 0 Å². The number of carbonyl (C=O) groups is 1. The lowest BCUT2D eigenvalue weighted by Gasteiger charge is -2.14. The van der Waals surface area contributed by atoms with Gasteiger partial charge in [-0.15, -0.1) is 0 Å². The van der Waals surface area contributed by atoms with Gasteiger partial charge in [0.1, 0.15) is 11.6 Å². The van der Waals surface area contributed by atoms with E-state index in [1.807, 2.05) is 13.8 Å². The molecule has 0 heterocycles. The lowest BCUT2D eigenvalue weighted by atomic mass is 10.2. The van der Waals surface area contributed by atoms with Gasteiger partial charge in [-0.05, 0) is 37.1 Å². The number of benzene rings is 1. The lowest BCUT2D eigenvalue weighted by molar-refractivity contribution is -0.131. The summed E-state index contributed by atoms with van der Waals surface area (Å²) in [6.07, 6.45) is 4.18. The Morgan fingerprint density at radius 3 is 2.83 bits per heavy atom. The second kappa shape index (κ2) is 6.79. The van der Waals surface area contributed by atoms with Gasteiger partial charge in [0, 0.05) is 12.1 Å². The predicted octanol–water partition coefficient (Wildman–Crippen LogP) is 3.49. The lowest BCUT2D eigenvalue weighted by Crippen LogP contribution is -2.11. The predicted molar refractivity (Wildman–Crippen MR) is 68.1 cm³/mol. The van der Waals surface area contributed by atoms with Crippen molar-refractivity contribution in [1.29, 1.82) is 0 Å². The third-order valence-corrected chi connectivity index (χ3v) is 2.34. The molecular weight excluding hydrogens is 235 g/mol. The van der Waals surface area contributed by atoms with Crippen LogP contribution in [0.25, 0.3) is 6.08 Å². The van der Waals surface area contributed by atoms with E-state index < -0.39 is 11.8 Å². The molecule has 1 aromatic carbocycles. The number of carboxylic acids is 1. The minimum absolute atomic E-state index is 0.00750. The van der Waals surface area contributed by atoms with Crippen LogP contribution in [0.5, 0.6) is 5.75 Å². The number of rotatable bonds is 6. The van der Waals surface area contributed by atoms with Crippen LogP contribution in [-0.4, -0.2) is 17.2 Å². The first-order valence-corrected chi connectivity index (χ1v) is 5.89. The highest BCUT2D eigenvalue weighted by Crippen LogP contribution is 2.19. The van der Waals surface area contributed by atoms with Crippen LogP contribution in [0.3, 0.4) is 0 Å². The van der Waals surface area contributed by atoms with Crippen LogP contribution in [0.15, 0.2) is 24.3 Å². The molecule has 1 aromatic rings.